The highest BCUT2D eigenvalue weighted by molar-refractivity contribution is 6.30. The Morgan fingerprint density at radius 2 is 2.00 bits per heavy atom. The van der Waals surface area contributed by atoms with E-state index >= 15 is 0 Å². The van der Waals surface area contributed by atoms with Crippen LogP contribution in [0.1, 0.15) is 17.4 Å². The molecule has 3 aromatic rings. The molecule has 3 rings (SSSR count). The quantitative estimate of drug-likeness (QED) is 0.388. The van der Waals surface area contributed by atoms with E-state index in [0.717, 1.165) is 11.1 Å². The zero-order valence-corrected chi connectivity index (χ0v) is 16.9. The fourth-order valence-electron chi connectivity index (χ4n) is 2.84. The first kappa shape index (κ1) is 20.8. The molecule has 0 saturated heterocycles. The van der Waals surface area contributed by atoms with Crippen molar-refractivity contribution in [3.05, 3.63) is 71.1 Å². The van der Waals surface area contributed by atoms with Crippen molar-refractivity contribution < 1.29 is 9.63 Å². The van der Waals surface area contributed by atoms with Crippen molar-refractivity contribution in [1.29, 1.82) is 0 Å². The highest BCUT2D eigenvalue weighted by atomic mass is 35.5. The second kappa shape index (κ2) is 10.6. The van der Waals surface area contributed by atoms with Crippen LogP contribution in [0.4, 0.5) is 0 Å². The lowest BCUT2D eigenvalue weighted by Gasteiger charge is -2.17. The van der Waals surface area contributed by atoms with Crippen LogP contribution < -0.4 is 10.6 Å². The van der Waals surface area contributed by atoms with Crippen molar-refractivity contribution in [2.45, 2.75) is 12.3 Å². The third-order valence-electron chi connectivity index (χ3n) is 4.41. The van der Waals surface area contributed by atoms with E-state index in [4.69, 9.17) is 16.1 Å². The standard InChI is InChI=1S/C21H24ClN5O2/c1-23-21(25-13-17(14-28)15-6-3-2-4-7-15)24-11-10-19-26-20(27-29-19)16-8-5-9-18(22)12-16/h2-9,12,17,28H,10-11,13-14H2,1H3,(H2,23,24,25). The van der Waals surface area contributed by atoms with Gasteiger partial charge in [0.15, 0.2) is 5.96 Å². The van der Waals surface area contributed by atoms with Gasteiger partial charge in [-0.25, -0.2) is 0 Å². The molecule has 2 aromatic carbocycles. The molecule has 0 aliphatic rings. The van der Waals surface area contributed by atoms with E-state index in [2.05, 4.69) is 25.8 Å². The van der Waals surface area contributed by atoms with Crippen molar-refractivity contribution in [2.75, 3.05) is 26.7 Å². The molecule has 0 spiro atoms. The second-order valence-corrected chi connectivity index (χ2v) is 6.88. The molecule has 0 saturated carbocycles. The lowest BCUT2D eigenvalue weighted by atomic mass is 10.0. The zero-order chi connectivity index (χ0) is 20.5. The summed E-state index contributed by atoms with van der Waals surface area (Å²) in [5, 5.41) is 20.8. The number of guanidine groups is 1. The molecule has 1 unspecified atom stereocenters. The topological polar surface area (TPSA) is 95.6 Å². The summed E-state index contributed by atoms with van der Waals surface area (Å²) in [6.45, 7) is 1.20. The summed E-state index contributed by atoms with van der Waals surface area (Å²) in [4.78, 5) is 8.61. The molecule has 1 heterocycles. The van der Waals surface area contributed by atoms with E-state index in [1.807, 2.05) is 42.5 Å². The number of benzene rings is 2. The number of aliphatic hydroxyl groups excluding tert-OH is 1. The number of hydrogen-bond donors (Lipinski definition) is 3. The van der Waals surface area contributed by atoms with Gasteiger partial charge in [0.05, 0.1) is 6.61 Å². The molecule has 29 heavy (non-hydrogen) atoms. The van der Waals surface area contributed by atoms with E-state index in [9.17, 15) is 5.11 Å². The Morgan fingerprint density at radius 1 is 1.17 bits per heavy atom. The maximum Gasteiger partial charge on any atom is 0.228 e. The van der Waals surface area contributed by atoms with Gasteiger partial charge >= 0.3 is 0 Å². The van der Waals surface area contributed by atoms with Crippen molar-refractivity contribution in [1.82, 2.24) is 20.8 Å². The first-order valence-corrected chi connectivity index (χ1v) is 9.76. The fourth-order valence-corrected chi connectivity index (χ4v) is 3.03. The molecule has 0 fully saturated rings. The summed E-state index contributed by atoms with van der Waals surface area (Å²) in [6.07, 6.45) is 0.552. The van der Waals surface area contributed by atoms with E-state index in [0.29, 0.717) is 42.2 Å². The van der Waals surface area contributed by atoms with Gasteiger partial charge in [-0.2, -0.15) is 4.98 Å². The molecule has 0 radical (unpaired) electrons. The Bertz CT molecular complexity index is 930. The van der Waals surface area contributed by atoms with Crippen LogP contribution in [-0.4, -0.2) is 48.0 Å². The van der Waals surface area contributed by atoms with Gasteiger partial charge in [-0.05, 0) is 17.7 Å². The van der Waals surface area contributed by atoms with E-state index in [1.165, 1.54) is 0 Å². The van der Waals surface area contributed by atoms with Gasteiger partial charge in [-0.1, -0.05) is 59.2 Å². The van der Waals surface area contributed by atoms with Crippen LogP contribution in [0.5, 0.6) is 0 Å². The minimum absolute atomic E-state index is 0.00838. The number of halogens is 1. The number of aromatic nitrogens is 2. The first-order valence-electron chi connectivity index (χ1n) is 9.38. The van der Waals surface area contributed by atoms with Crippen molar-refractivity contribution in [3.8, 4) is 11.4 Å². The van der Waals surface area contributed by atoms with Crippen LogP contribution in [0.3, 0.4) is 0 Å². The average Bonchev–Trinajstić information content (AvgIpc) is 3.22. The number of nitrogens with one attached hydrogen (secondary N) is 2. The summed E-state index contributed by atoms with van der Waals surface area (Å²) in [7, 11) is 1.70. The van der Waals surface area contributed by atoms with Crippen LogP contribution in [0.25, 0.3) is 11.4 Å². The number of rotatable bonds is 8. The van der Waals surface area contributed by atoms with Gasteiger partial charge in [0.25, 0.3) is 0 Å². The zero-order valence-electron chi connectivity index (χ0n) is 16.2. The number of nitrogens with zero attached hydrogens (tertiary/aromatic N) is 3. The van der Waals surface area contributed by atoms with E-state index in [-0.39, 0.29) is 12.5 Å². The summed E-state index contributed by atoms with van der Waals surface area (Å²) >= 11 is 6.01. The lowest BCUT2D eigenvalue weighted by molar-refractivity contribution is 0.265. The lowest BCUT2D eigenvalue weighted by Crippen LogP contribution is -2.40. The largest absolute Gasteiger partial charge is 0.396 e. The predicted octanol–water partition coefficient (Wildman–Crippen LogP) is 2.87. The fraction of sp³-hybridized carbons (Fsp3) is 0.286. The van der Waals surface area contributed by atoms with Crippen LogP contribution in [-0.2, 0) is 6.42 Å². The van der Waals surface area contributed by atoms with E-state index < -0.39 is 0 Å². The molecule has 1 atom stereocenters. The van der Waals surface area contributed by atoms with Gasteiger partial charge in [-0.15, -0.1) is 0 Å². The summed E-state index contributed by atoms with van der Waals surface area (Å²) in [6, 6.07) is 17.2. The maximum absolute atomic E-state index is 9.67. The molecule has 0 aliphatic heterocycles. The smallest absolute Gasteiger partial charge is 0.228 e. The van der Waals surface area contributed by atoms with Crippen molar-refractivity contribution in [2.24, 2.45) is 4.99 Å². The molecule has 8 heteroatoms. The average molecular weight is 414 g/mol. The van der Waals surface area contributed by atoms with Gasteiger partial charge in [0.2, 0.25) is 11.7 Å². The number of hydrogen-bond acceptors (Lipinski definition) is 5. The molecular weight excluding hydrogens is 390 g/mol. The van der Waals surface area contributed by atoms with Gasteiger partial charge in [0.1, 0.15) is 0 Å². The minimum atomic E-state index is -0.00838. The Morgan fingerprint density at radius 3 is 2.72 bits per heavy atom. The SMILES string of the molecule is CN=C(NCCc1nc(-c2cccc(Cl)c2)no1)NCC(CO)c1ccccc1. The highest BCUT2D eigenvalue weighted by Crippen LogP contribution is 2.20. The van der Waals surface area contributed by atoms with Gasteiger partial charge in [-0.3, -0.25) is 4.99 Å². The van der Waals surface area contributed by atoms with E-state index in [1.54, 1.807) is 19.2 Å². The minimum Gasteiger partial charge on any atom is -0.396 e. The highest BCUT2D eigenvalue weighted by Gasteiger charge is 2.12. The summed E-state index contributed by atoms with van der Waals surface area (Å²) in [5.41, 5.74) is 1.89. The molecule has 0 amide bonds. The van der Waals surface area contributed by atoms with Crippen LogP contribution in [0.2, 0.25) is 5.02 Å². The normalized spacial score (nSPS) is 12.6. The van der Waals surface area contributed by atoms with Crippen LogP contribution >= 0.6 is 11.6 Å². The Kier molecular flexibility index (Phi) is 7.61. The maximum atomic E-state index is 9.67. The second-order valence-electron chi connectivity index (χ2n) is 6.44. The van der Waals surface area contributed by atoms with Crippen LogP contribution in [0, 0.1) is 0 Å². The van der Waals surface area contributed by atoms with Crippen molar-refractivity contribution >= 4 is 17.6 Å². The van der Waals surface area contributed by atoms with Crippen molar-refractivity contribution in [3.63, 3.8) is 0 Å². The Hall–Kier alpha value is -2.90. The third kappa shape index (κ3) is 6.04. The predicted molar refractivity (Wildman–Crippen MR) is 114 cm³/mol. The molecule has 7 nitrogen and oxygen atoms in total. The molecule has 0 aliphatic carbocycles. The van der Waals surface area contributed by atoms with Gasteiger partial charge < -0.3 is 20.3 Å². The summed E-state index contributed by atoms with van der Waals surface area (Å²) in [5.74, 6) is 1.68. The number of aliphatic imine (C=N–C) groups is 1. The Balaban J connectivity index is 1.48. The Labute approximate surface area is 174 Å². The monoisotopic (exact) mass is 413 g/mol. The molecule has 3 N–H and O–H groups in total. The molecular formula is C21H24ClN5O2. The molecule has 0 bridgehead atoms. The summed E-state index contributed by atoms with van der Waals surface area (Å²) < 4.78 is 5.31. The van der Waals surface area contributed by atoms with Crippen LogP contribution in [0.15, 0.2) is 64.1 Å². The van der Waals surface area contributed by atoms with Gasteiger partial charge in [0, 0.05) is 43.1 Å². The third-order valence-corrected chi connectivity index (χ3v) is 4.65. The molecule has 1 aromatic heterocycles. The first-order chi connectivity index (χ1) is 14.2. The number of aliphatic hydroxyl groups is 1. The molecule has 152 valence electrons.